The molecule has 3 nitrogen and oxygen atoms in total. The molecule has 0 radical (unpaired) electrons. The summed E-state index contributed by atoms with van der Waals surface area (Å²) in [6.45, 7) is 14.7. The van der Waals surface area contributed by atoms with Crippen molar-refractivity contribution < 1.29 is 0 Å². The van der Waals surface area contributed by atoms with Crippen LogP contribution in [0.2, 0.25) is 0 Å². The highest BCUT2D eigenvalue weighted by atomic mass is 15.2. The third kappa shape index (κ3) is 6.66. The average molecular weight is 296 g/mol. The van der Waals surface area contributed by atoms with Crippen molar-refractivity contribution in [2.75, 3.05) is 39.3 Å². The zero-order valence-corrected chi connectivity index (χ0v) is 14.6. The monoisotopic (exact) mass is 295 g/mol. The Morgan fingerprint density at radius 1 is 1.00 bits per heavy atom. The molecule has 0 spiro atoms. The lowest BCUT2D eigenvalue weighted by Gasteiger charge is -2.34. The van der Waals surface area contributed by atoms with Crippen molar-refractivity contribution in [2.45, 2.75) is 65.3 Å². The molecule has 0 aromatic carbocycles. The molecule has 3 heteroatoms. The van der Waals surface area contributed by atoms with Gasteiger partial charge < -0.3 is 15.5 Å². The van der Waals surface area contributed by atoms with Gasteiger partial charge in [-0.05, 0) is 82.6 Å². The molecule has 0 aliphatic carbocycles. The molecule has 2 rings (SSSR count). The van der Waals surface area contributed by atoms with E-state index in [9.17, 15) is 0 Å². The zero-order chi connectivity index (χ0) is 15.3. The van der Waals surface area contributed by atoms with Crippen LogP contribution in [0.3, 0.4) is 0 Å². The average Bonchev–Trinajstić information content (AvgIpc) is 2.89. The van der Waals surface area contributed by atoms with Crippen molar-refractivity contribution >= 4 is 0 Å². The molecule has 124 valence electrons. The maximum Gasteiger partial charge on any atom is 0.00559 e. The molecule has 2 fully saturated rings. The Labute approximate surface area is 132 Å². The van der Waals surface area contributed by atoms with E-state index in [4.69, 9.17) is 5.73 Å². The Morgan fingerprint density at radius 3 is 2.19 bits per heavy atom. The van der Waals surface area contributed by atoms with Gasteiger partial charge in [-0.3, -0.25) is 0 Å². The third-order valence-corrected chi connectivity index (χ3v) is 5.11. The standard InChI is InChI=1S/C18H37N3/c1-18(2,3)14-17(19)8-13-20-11-6-16(7-12-20)15-21-9-4-5-10-21/h16-17H,4-15,19H2,1-3H3. The molecule has 2 N–H and O–H groups in total. The fourth-order valence-electron chi connectivity index (χ4n) is 3.96. The van der Waals surface area contributed by atoms with Gasteiger partial charge >= 0.3 is 0 Å². The van der Waals surface area contributed by atoms with Gasteiger partial charge in [0.05, 0.1) is 0 Å². The van der Waals surface area contributed by atoms with Gasteiger partial charge in [0.25, 0.3) is 0 Å². The van der Waals surface area contributed by atoms with Crippen molar-refractivity contribution in [2.24, 2.45) is 17.1 Å². The Balaban J connectivity index is 1.58. The molecule has 2 aliphatic heterocycles. The van der Waals surface area contributed by atoms with Crippen molar-refractivity contribution in [3.8, 4) is 0 Å². The van der Waals surface area contributed by atoms with Crippen molar-refractivity contribution in [3.63, 3.8) is 0 Å². The Hall–Kier alpha value is -0.120. The number of rotatable bonds is 6. The van der Waals surface area contributed by atoms with Crippen LogP contribution in [0.15, 0.2) is 0 Å². The molecule has 2 saturated heterocycles. The molecule has 2 aliphatic rings. The van der Waals surface area contributed by atoms with Crippen molar-refractivity contribution in [1.29, 1.82) is 0 Å². The lowest BCUT2D eigenvalue weighted by atomic mass is 9.87. The van der Waals surface area contributed by atoms with Crippen LogP contribution in [0.4, 0.5) is 0 Å². The number of hydrogen-bond donors (Lipinski definition) is 1. The Bertz CT molecular complexity index is 283. The summed E-state index contributed by atoms with van der Waals surface area (Å²) in [5, 5.41) is 0. The van der Waals surface area contributed by atoms with Gasteiger partial charge in [-0.25, -0.2) is 0 Å². The van der Waals surface area contributed by atoms with E-state index < -0.39 is 0 Å². The van der Waals surface area contributed by atoms with Gasteiger partial charge in [-0.15, -0.1) is 0 Å². The van der Waals surface area contributed by atoms with Gasteiger partial charge in [0.1, 0.15) is 0 Å². The van der Waals surface area contributed by atoms with Gasteiger partial charge in [-0.2, -0.15) is 0 Å². The molecule has 1 unspecified atom stereocenters. The van der Waals surface area contributed by atoms with Crippen LogP contribution >= 0.6 is 0 Å². The smallest absolute Gasteiger partial charge is 0.00559 e. The third-order valence-electron chi connectivity index (χ3n) is 5.11. The van der Waals surface area contributed by atoms with E-state index in [0.717, 1.165) is 18.8 Å². The van der Waals surface area contributed by atoms with E-state index in [1.807, 2.05) is 0 Å². The maximum absolute atomic E-state index is 6.28. The zero-order valence-electron chi connectivity index (χ0n) is 14.6. The normalized spacial score (nSPS) is 24.6. The summed E-state index contributed by atoms with van der Waals surface area (Å²) >= 11 is 0. The minimum Gasteiger partial charge on any atom is -0.328 e. The molecular weight excluding hydrogens is 258 g/mol. The largest absolute Gasteiger partial charge is 0.328 e. The number of nitrogens with zero attached hydrogens (tertiary/aromatic N) is 2. The molecule has 0 aromatic rings. The second kappa shape index (κ2) is 7.94. The van der Waals surface area contributed by atoms with Crippen molar-refractivity contribution in [3.05, 3.63) is 0 Å². The minimum absolute atomic E-state index is 0.363. The summed E-state index contributed by atoms with van der Waals surface area (Å²) in [6, 6.07) is 0.368. The van der Waals surface area contributed by atoms with Crippen LogP contribution in [0, 0.1) is 11.3 Å². The first-order valence-electron chi connectivity index (χ1n) is 9.13. The fourth-order valence-corrected chi connectivity index (χ4v) is 3.96. The van der Waals surface area contributed by atoms with Crippen LogP contribution in [0.1, 0.15) is 59.3 Å². The van der Waals surface area contributed by atoms with Gasteiger partial charge in [0.15, 0.2) is 0 Å². The maximum atomic E-state index is 6.28. The minimum atomic E-state index is 0.363. The topological polar surface area (TPSA) is 32.5 Å². The molecule has 1 atom stereocenters. The van der Waals surface area contributed by atoms with Gasteiger partial charge in [0.2, 0.25) is 0 Å². The highest BCUT2D eigenvalue weighted by Crippen LogP contribution is 2.23. The summed E-state index contributed by atoms with van der Waals surface area (Å²) in [5.41, 5.74) is 6.64. The SMILES string of the molecule is CC(C)(C)CC(N)CCN1CCC(CN2CCCC2)CC1. The Morgan fingerprint density at radius 2 is 1.62 bits per heavy atom. The van der Waals surface area contributed by atoms with Crippen LogP contribution in [0.25, 0.3) is 0 Å². The van der Waals surface area contributed by atoms with E-state index in [2.05, 4.69) is 30.6 Å². The summed E-state index contributed by atoms with van der Waals surface area (Å²) in [4.78, 5) is 5.32. The molecule has 0 bridgehead atoms. The molecule has 2 heterocycles. The van der Waals surface area contributed by atoms with Crippen LogP contribution < -0.4 is 5.73 Å². The van der Waals surface area contributed by atoms with E-state index in [1.165, 1.54) is 65.0 Å². The summed E-state index contributed by atoms with van der Waals surface area (Å²) in [6.07, 6.45) is 7.93. The summed E-state index contributed by atoms with van der Waals surface area (Å²) < 4.78 is 0. The lowest BCUT2D eigenvalue weighted by Crippen LogP contribution is -2.40. The number of hydrogen-bond acceptors (Lipinski definition) is 3. The molecule has 0 aromatic heterocycles. The summed E-state index contributed by atoms with van der Waals surface area (Å²) in [7, 11) is 0. The number of likely N-dealkylation sites (tertiary alicyclic amines) is 2. The second-order valence-electron chi connectivity index (χ2n) is 8.61. The quantitative estimate of drug-likeness (QED) is 0.818. The van der Waals surface area contributed by atoms with Crippen LogP contribution in [-0.2, 0) is 0 Å². The first-order chi connectivity index (χ1) is 9.92. The van der Waals surface area contributed by atoms with E-state index in [-0.39, 0.29) is 0 Å². The van der Waals surface area contributed by atoms with Crippen LogP contribution in [0.5, 0.6) is 0 Å². The number of piperidine rings is 1. The molecule has 21 heavy (non-hydrogen) atoms. The second-order valence-corrected chi connectivity index (χ2v) is 8.61. The van der Waals surface area contributed by atoms with Gasteiger partial charge in [-0.1, -0.05) is 20.8 Å². The summed E-state index contributed by atoms with van der Waals surface area (Å²) in [5.74, 6) is 0.947. The predicted octanol–water partition coefficient (Wildman–Crippen LogP) is 2.95. The van der Waals surface area contributed by atoms with E-state index in [1.54, 1.807) is 0 Å². The molecule has 0 saturated carbocycles. The Kier molecular flexibility index (Phi) is 6.51. The fraction of sp³-hybridized carbons (Fsp3) is 1.00. The first-order valence-corrected chi connectivity index (χ1v) is 9.13. The highest BCUT2D eigenvalue weighted by Gasteiger charge is 2.23. The predicted molar refractivity (Wildman–Crippen MR) is 91.5 cm³/mol. The number of nitrogens with two attached hydrogens (primary N) is 1. The lowest BCUT2D eigenvalue weighted by molar-refractivity contribution is 0.148. The van der Waals surface area contributed by atoms with Crippen LogP contribution in [-0.4, -0.2) is 55.1 Å². The molecule has 0 amide bonds. The van der Waals surface area contributed by atoms with E-state index in [0.29, 0.717) is 11.5 Å². The highest BCUT2D eigenvalue weighted by molar-refractivity contribution is 4.79. The van der Waals surface area contributed by atoms with Crippen molar-refractivity contribution in [1.82, 2.24) is 9.80 Å². The molecular formula is C18H37N3. The van der Waals surface area contributed by atoms with E-state index >= 15 is 0 Å². The first kappa shape index (κ1) is 17.2. The van der Waals surface area contributed by atoms with Gasteiger partial charge in [0, 0.05) is 12.6 Å².